The van der Waals surface area contributed by atoms with Crippen LogP contribution in [0.5, 0.6) is 11.6 Å². The van der Waals surface area contributed by atoms with Gasteiger partial charge in [-0.2, -0.15) is 0 Å². The standard InChI is InChI=1S/C7H7F3N2O5S/c1-16-3-2-4(13)12-6(17-7(8,9)10)5(3)18(11,14)15/h2H,1H3,(H,12,13)(H2,11,14,15). The summed E-state index contributed by atoms with van der Waals surface area (Å²) in [5.41, 5.74) is -1.04. The normalized spacial score (nSPS) is 12.3. The quantitative estimate of drug-likeness (QED) is 0.808. The molecule has 0 radical (unpaired) electrons. The number of hydrogen-bond donors (Lipinski definition) is 2. The van der Waals surface area contributed by atoms with Gasteiger partial charge in [-0.3, -0.25) is 9.78 Å². The van der Waals surface area contributed by atoms with Crippen LogP contribution in [0.2, 0.25) is 0 Å². The molecule has 0 saturated heterocycles. The Kier molecular flexibility index (Phi) is 3.57. The number of methoxy groups -OCH3 is 1. The first kappa shape index (κ1) is 14.3. The number of sulfonamides is 1. The molecule has 0 saturated carbocycles. The number of nitrogens with two attached hydrogens (primary N) is 1. The van der Waals surface area contributed by atoms with Gasteiger partial charge in [0, 0.05) is 6.07 Å². The van der Waals surface area contributed by atoms with Crippen LogP contribution >= 0.6 is 0 Å². The van der Waals surface area contributed by atoms with Gasteiger partial charge in [-0.15, -0.1) is 13.2 Å². The molecule has 0 amide bonds. The molecule has 1 heterocycles. The number of rotatable bonds is 3. The van der Waals surface area contributed by atoms with Crippen molar-refractivity contribution in [3.63, 3.8) is 0 Å². The van der Waals surface area contributed by atoms with Gasteiger partial charge < -0.3 is 9.47 Å². The Hall–Kier alpha value is -1.75. The molecule has 102 valence electrons. The predicted octanol–water partition coefficient (Wildman–Crippen LogP) is -0.0705. The number of H-pyrrole nitrogens is 1. The van der Waals surface area contributed by atoms with E-state index >= 15 is 0 Å². The second-order valence-electron chi connectivity index (χ2n) is 2.95. The molecular weight excluding hydrogens is 281 g/mol. The van der Waals surface area contributed by atoms with Crippen LogP contribution < -0.4 is 20.2 Å². The van der Waals surface area contributed by atoms with E-state index in [1.54, 1.807) is 4.98 Å². The molecule has 1 aromatic heterocycles. The van der Waals surface area contributed by atoms with Crippen molar-refractivity contribution in [2.24, 2.45) is 5.14 Å². The van der Waals surface area contributed by atoms with Gasteiger partial charge in [0.1, 0.15) is 5.75 Å². The highest BCUT2D eigenvalue weighted by atomic mass is 32.2. The molecule has 0 atom stereocenters. The maximum absolute atomic E-state index is 12.1. The van der Waals surface area contributed by atoms with Gasteiger partial charge in [0.25, 0.3) is 5.56 Å². The first-order valence-electron chi connectivity index (χ1n) is 4.14. The lowest BCUT2D eigenvalue weighted by Gasteiger charge is -2.13. The fourth-order valence-corrected chi connectivity index (χ4v) is 1.88. The largest absolute Gasteiger partial charge is 0.574 e. The van der Waals surface area contributed by atoms with Gasteiger partial charge in [0.2, 0.25) is 15.9 Å². The Balaban J connectivity index is 3.58. The SMILES string of the molecule is COc1cc(=O)[nH]c(OC(F)(F)F)c1S(N)(=O)=O. The molecule has 1 rings (SSSR count). The summed E-state index contributed by atoms with van der Waals surface area (Å²) >= 11 is 0. The average molecular weight is 288 g/mol. The number of aromatic nitrogens is 1. The summed E-state index contributed by atoms with van der Waals surface area (Å²) in [4.78, 5) is 11.5. The minimum Gasteiger partial charge on any atom is -0.495 e. The maximum atomic E-state index is 12.1. The van der Waals surface area contributed by atoms with Crippen molar-refractivity contribution in [2.75, 3.05) is 7.11 Å². The summed E-state index contributed by atoms with van der Waals surface area (Å²) in [7, 11) is -3.63. The molecule has 0 aliphatic heterocycles. The summed E-state index contributed by atoms with van der Waals surface area (Å²) in [5, 5.41) is 4.73. The molecule has 0 fully saturated rings. The highest BCUT2D eigenvalue weighted by Crippen LogP contribution is 2.31. The molecule has 0 spiro atoms. The van der Waals surface area contributed by atoms with Crippen molar-refractivity contribution in [2.45, 2.75) is 11.3 Å². The van der Waals surface area contributed by atoms with Crippen molar-refractivity contribution < 1.29 is 31.1 Å². The van der Waals surface area contributed by atoms with Crippen LogP contribution in [0.4, 0.5) is 13.2 Å². The number of ether oxygens (including phenoxy) is 2. The molecule has 7 nitrogen and oxygen atoms in total. The topological polar surface area (TPSA) is 111 Å². The molecule has 3 N–H and O–H groups in total. The Morgan fingerprint density at radius 3 is 2.33 bits per heavy atom. The van der Waals surface area contributed by atoms with Crippen molar-refractivity contribution in [3.8, 4) is 11.6 Å². The molecule has 1 aromatic rings. The van der Waals surface area contributed by atoms with E-state index < -0.39 is 38.5 Å². The van der Waals surface area contributed by atoms with E-state index in [1.165, 1.54) is 0 Å². The molecule has 0 unspecified atom stereocenters. The van der Waals surface area contributed by atoms with Gasteiger partial charge in [0.15, 0.2) is 4.90 Å². The summed E-state index contributed by atoms with van der Waals surface area (Å²) in [6.07, 6.45) is -5.20. The fraction of sp³-hybridized carbons (Fsp3) is 0.286. The smallest absolute Gasteiger partial charge is 0.495 e. The highest BCUT2D eigenvalue weighted by molar-refractivity contribution is 7.89. The van der Waals surface area contributed by atoms with Crippen molar-refractivity contribution in [3.05, 3.63) is 16.4 Å². The highest BCUT2D eigenvalue weighted by Gasteiger charge is 2.35. The summed E-state index contributed by atoms with van der Waals surface area (Å²) < 4.78 is 66.4. The van der Waals surface area contributed by atoms with Crippen LogP contribution in [-0.2, 0) is 10.0 Å². The lowest BCUT2D eigenvalue weighted by atomic mass is 10.4. The number of pyridine rings is 1. The Morgan fingerprint density at radius 2 is 1.94 bits per heavy atom. The predicted molar refractivity (Wildman–Crippen MR) is 51.7 cm³/mol. The molecule has 0 aliphatic carbocycles. The minimum atomic E-state index is -5.20. The first-order chi connectivity index (χ1) is 8.04. The van der Waals surface area contributed by atoms with Crippen molar-refractivity contribution in [1.29, 1.82) is 0 Å². The van der Waals surface area contributed by atoms with E-state index in [0.29, 0.717) is 6.07 Å². The molecule has 18 heavy (non-hydrogen) atoms. The van der Waals surface area contributed by atoms with Crippen LogP contribution in [-0.4, -0.2) is 26.9 Å². The number of halogens is 3. The third-order valence-electron chi connectivity index (χ3n) is 1.65. The van der Waals surface area contributed by atoms with Crippen LogP contribution in [0.25, 0.3) is 0 Å². The second kappa shape index (κ2) is 4.49. The van der Waals surface area contributed by atoms with Gasteiger partial charge in [0.05, 0.1) is 7.11 Å². The molecule has 11 heteroatoms. The number of aromatic amines is 1. The zero-order valence-corrected chi connectivity index (χ0v) is 9.55. The van der Waals surface area contributed by atoms with E-state index in [0.717, 1.165) is 7.11 Å². The fourth-order valence-electron chi connectivity index (χ4n) is 1.11. The summed E-state index contributed by atoms with van der Waals surface area (Å²) in [6.45, 7) is 0. The van der Waals surface area contributed by atoms with Crippen LogP contribution in [0.3, 0.4) is 0 Å². The lowest BCUT2D eigenvalue weighted by molar-refractivity contribution is -0.277. The molecule has 0 aliphatic rings. The lowest BCUT2D eigenvalue weighted by Crippen LogP contribution is -2.24. The van der Waals surface area contributed by atoms with Gasteiger partial charge in [-0.05, 0) is 0 Å². The monoisotopic (exact) mass is 288 g/mol. The van der Waals surface area contributed by atoms with Crippen molar-refractivity contribution in [1.82, 2.24) is 4.98 Å². The van der Waals surface area contributed by atoms with E-state index in [1.807, 2.05) is 0 Å². The number of hydrogen-bond acceptors (Lipinski definition) is 5. The third kappa shape index (κ3) is 3.37. The number of nitrogens with one attached hydrogen (secondary N) is 1. The Labute approximate surface area is 98.4 Å². The molecule has 0 aromatic carbocycles. The van der Waals surface area contributed by atoms with Gasteiger partial charge in [-0.25, -0.2) is 13.6 Å². The zero-order valence-electron chi connectivity index (χ0n) is 8.74. The second-order valence-corrected chi connectivity index (χ2v) is 4.45. The van der Waals surface area contributed by atoms with Crippen LogP contribution in [0, 0.1) is 0 Å². The Bertz CT molecular complexity index is 606. The number of alkyl halides is 3. The van der Waals surface area contributed by atoms with E-state index in [2.05, 4.69) is 9.47 Å². The average Bonchev–Trinajstić information content (AvgIpc) is 2.11. The van der Waals surface area contributed by atoms with E-state index in [4.69, 9.17) is 5.14 Å². The summed E-state index contributed by atoms with van der Waals surface area (Å²) in [6, 6.07) is 0.628. The number of primary sulfonamides is 1. The zero-order chi connectivity index (χ0) is 14.1. The van der Waals surface area contributed by atoms with Crippen LogP contribution in [0.15, 0.2) is 15.8 Å². The summed E-state index contributed by atoms with van der Waals surface area (Å²) in [5.74, 6) is -2.00. The maximum Gasteiger partial charge on any atom is 0.574 e. The van der Waals surface area contributed by atoms with Gasteiger partial charge >= 0.3 is 6.36 Å². The molecule has 0 bridgehead atoms. The van der Waals surface area contributed by atoms with E-state index in [9.17, 15) is 26.4 Å². The Morgan fingerprint density at radius 1 is 1.39 bits per heavy atom. The van der Waals surface area contributed by atoms with Gasteiger partial charge in [-0.1, -0.05) is 0 Å². The third-order valence-corrected chi connectivity index (χ3v) is 2.61. The minimum absolute atomic E-state index is 0.628. The van der Waals surface area contributed by atoms with E-state index in [-0.39, 0.29) is 0 Å². The molecular formula is C7H7F3N2O5S. The van der Waals surface area contributed by atoms with Crippen molar-refractivity contribution >= 4 is 10.0 Å². The van der Waals surface area contributed by atoms with Crippen LogP contribution in [0.1, 0.15) is 0 Å². The first-order valence-corrected chi connectivity index (χ1v) is 5.69.